The average molecular weight is 309 g/mol. The monoisotopic (exact) mass is 309 g/mol. The van der Waals surface area contributed by atoms with Crippen LogP contribution in [0.15, 0.2) is 28.8 Å². The van der Waals surface area contributed by atoms with E-state index < -0.39 is 10.0 Å². The van der Waals surface area contributed by atoms with Crippen molar-refractivity contribution in [2.24, 2.45) is 5.14 Å². The third-order valence-corrected chi connectivity index (χ3v) is 3.58. The summed E-state index contributed by atoms with van der Waals surface area (Å²) in [4.78, 5) is 12.1. The largest absolute Gasteiger partial charge is 0.361 e. The fourth-order valence-electron chi connectivity index (χ4n) is 1.92. The molecule has 1 amide bonds. The molecule has 1 aromatic carbocycles. The molecule has 0 radical (unpaired) electrons. The van der Waals surface area contributed by atoms with E-state index in [-0.39, 0.29) is 11.7 Å². The second-order valence-electron chi connectivity index (χ2n) is 4.66. The number of amides is 1. The molecule has 1 heterocycles. The van der Waals surface area contributed by atoms with Crippen molar-refractivity contribution in [2.45, 2.75) is 19.6 Å². The summed E-state index contributed by atoms with van der Waals surface area (Å²) >= 11 is 0. The Bertz CT molecular complexity index is 744. The quantitative estimate of drug-likeness (QED) is 0.884. The lowest BCUT2D eigenvalue weighted by molar-refractivity contribution is 0.102. The normalized spacial score (nSPS) is 11.4. The molecule has 0 unspecified atom stereocenters. The standard InChI is InChI=1S/C13H15N3O4S/c1-8-12(9(2)20-16-8)13(17)15-11-5-3-10(4-6-11)7-21(14,18)19/h3-6H,7H2,1-2H3,(H,15,17)(H2,14,18,19). The minimum absolute atomic E-state index is 0.245. The van der Waals surface area contributed by atoms with Crippen LogP contribution in [0.3, 0.4) is 0 Å². The van der Waals surface area contributed by atoms with Crippen LogP contribution in [0.25, 0.3) is 0 Å². The lowest BCUT2D eigenvalue weighted by atomic mass is 10.2. The number of carbonyl (C=O) groups excluding carboxylic acids is 1. The van der Waals surface area contributed by atoms with Crippen LogP contribution < -0.4 is 10.5 Å². The number of aryl methyl sites for hydroxylation is 2. The zero-order chi connectivity index (χ0) is 15.6. The molecule has 112 valence electrons. The van der Waals surface area contributed by atoms with Crippen LogP contribution in [0.4, 0.5) is 5.69 Å². The highest BCUT2D eigenvalue weighted by molar-refractivity contribution is 7.88. The van der Waals surface area contributed by atoms with Gasteiger partial charge in [-0.3, -0.25) is 4.79 Å². The lowest BCUT2D eigenvalue weighted by Crippen LogP contribution is -2.15. The number of nitrogens with two attached hydrogens (primary N) is 1. The van der Waals surface area contributed by atoms with Crippen LogP contribution in [0.2, 0.25) is 0 Å². The van der Waals surface area contributed by atoms with Crippen LogP contribution in [0.5, 0.6) is 0 Å². The number of hydrogen-bond acceptors (Lipinski definition) is 5. The highest BCUT2D eigenvalue weighted by Gasteiger charge is 2.17. The van der Waals surface area contributed by atoms with E-state index in [1.165, 1.54) is 0 Å². The molecule has 2 rings (SSSR count). The molecule has 0 aliphatic rings. The Morgan fingerprint density at radius 2 is 1.90 bits per heavy atom. The third-order valence-electron chi connectivity index (χ3n) is 2.84. The Kier molecular flexibility index (Phi) is 4.10. The van der Waals surface area contributed by atoms with Crippen molar-refractivity contribution >= 4 is 21.6 Å². The molecular formula is C13H15N3O4S. The molecule has 0 atom stereocenters. The van der Waals surface area contributed by atoms with Gasteiger partial charge in [0.25, 0.3) is 5.91 Å². The van der Waals surface area contributed by atoms with Crippen LogP contribution in [0, 0.1) is 13.8 Å². The van der Waals surface area contributed by atoms with Crippen molar-refractivity contribution < 1.29 is 17.7 Å². The Balaban J connectivity index is 2.12. The van der Waals surface area contributed by atoms with Crippen LogP contribution in [-0.4, -0.2) is 19.5 Å². The Morgan fingerprint density at radius 3 is 2.38 bits per heavy atom. The summed E-state index contributed by atoms with van der Waals surface area (Å²) in [5.74, 6) is -0.133. The fraction of sp³-hybridized carbons (Fsp3) is 0.231. The molecular weight excluding hydrogens is 294 g/mol. The van der Waals surface area contributed by atoms with Crippen molar-refractivity contribution in [1.29, 1.82) is 0 Å². The summed E-state index contributed by atoms with van der Waals surface area (Å²) < 4.78 is 26.9. The predicted octanol–water partition coefficient (Wildman–Crippen LogP) is 1.33. The van der Waals surface area contributed by atoms with E-state index in [4.69, 9.17) is 9.66 Å². The molecule has 0 saturated heterocycles. The zero-order valence-corrected chi connectivity index (χ0v) is 12.4. The first-order valence-corrected chi connectivity index (χ1v) is 7.81. The molecule has 0 aliphatic heterocycles. The van der Waals surface area contributed by atoms with Crippen molar-refractivity contribution in [3.05, 3.63) is 46.8 Å². The fourth-order valence-corrected chi connectivity index (χ4v) is 2.57. The molecule has 1 aromatic heterocycles. The number of sulfonamides is 1. The number of rotatable bonds is 4. The molecule has 7 nitrogen and oxygen atoms in total. The highest BCUT2D eigenvalue weighted by atomic mass is 32.2. The maximum Gasteiger partial charge on any atom is 0.261 e. The van der Waals surface area contributed by atoms with Gasteiger partial charge in [-0.2, -0.15) is 0 Å². The molecule has 0 spiro atoms. The van der Waals surface area contributed by atoms with E-state index in [1.54, 1.807) is 38.1 Å². The van der Waals surface area contributed by atoms with Gasteiger partial charge in [0.2, 0.25) is 10.0 Å². The summed E-state index contributed by atoms with van der Waals surface area (Å²) in [6, 6.07) is 6.40. The molecule has 0 saturated carbocycles. The Morgan fingerprint density at radius 1 is 1.29 bits per heavy atom. The number of aromatic nitrogens is 1. The average Bonchev–Trinajstić information content (AvgIpc) is 2.70. The first-order valence-electron chi connectivity index (χ1n) is 6.10. The molecule has 0 bridgehead atoms. The molecule has 2 aromatic rings. The maximum atomic E-state index is 12.1. The van der Waals surface area contributed by atoms with Gasteiger partial charge in [-0.1, -0.05) is 17.3 Å². The van der Waals surface area contributed by atoms with E-state index in [1.807, 2.05) is 0 Å². The zero-order valence-electron chi connectivity index (χ0n) is 11.6. The van der Waals surface area contributed by atoms with Gasteiger partial charge in [-0.25, -0.2) is 13.6 Å². The van der Waals surface area contributed by atoms with Crippen molar-refractivity contribution in [3.63, 3.8) is 0 Å². The van der Waals surface area contributed by atoms with E-state index in [2.05, 4.69) is 10.5 Å². The Labute approximate surface area is 122 Å². The number of benzene rings is 1. The number of anilines is 1. The van der Waals surface area contributed by atoms with Crippen molar-refractivity contribution in [1.82, 2.24) is 5.16 Å². The predicted molar refractivity (Wildman–Crippen MR) is 77.2 cm³/mol. The second kappa shape index (κ2) is 5.66. The van der Waals surface area contributed by atoms with Crippen LogP contribution >= 0.6 is 0 Å². The Hall–Kier alpha value is -2.19. The van der Waals surface area contributed by atoms with Gasteiger partial charge in [0, 0.05) is 5.69 Å². The molecule has 3 N–H and O–H groups in total. The lowest BCUT2D eigenvalue weighted by Gasteiger charge is -2.06. The van der Waals surface area contributed by atoms with Crippen LogP contribution in [-0.2, 0) is 15.8 Å². The molecule has 0 aliphatic carbocycles. The topological polar surface area (TPSA) is 115 Å². The van der Waals surface area contributed by atoms with Gasteiger partial charge in [0.15, 0.2) is 0 Å². The summed E-state index contributed by atoms with van der Waals surface area (Å²) in [7, 11) is -3.57. The van der Waals surface area contributed by atoms with Gasteiger partial charge in [0.05, 0.1) is 11.4 Å². The van der Waals surface area contributed by atoms with Gasteiger partial charge < -0.3 is 9.84 Å². The van der Waals surface area contributed by atoms with Gasteiger partial charge in [-0.15, -0.1) is 0 Å². The van der Waals surface area contributed by atoms with E-state index in [0.29, 0.717) is 28.3 Å². The van der Waals surface area contributed by atoms with E-state index in [9.17, 15) is 13.2 Å². The summed E-state index contributed by atoms with van der Waals surface area (Å²) in [5, 5.41) is 11.4. The number of hydrogen-bond donors (Lipinski definition) is 2. The SMILES string of the molecule is Cc1noc(C)c1C(=O)Nc1ccc(CS(N)(=O)=O)cc1. The minimum atomic E-state index is -3.57. The van der Waals surface area contributed by atoms with Crippen molar-refractivity contribution in [2.75, 3.05) is 5.32 Å². The van der Waals surface area contributed by atoms with Crippen LogP contribution in [0.1, 0.15) is 27.4 Å². The smallest absolute Gasteiger partial charge is 0.261 e. The summed E-state index contributed by atoms with van der Waals surface area (Å²) in [5.41, 5.74) is 1.99. The number of carbonyl (C=O) groups is 1. The van der Waals surface area contributed by atoms with Gasteiger partial charge in [-0.05, 0) is 31.5 Å². The number of primary sulfonamides is 1. The second-order valence-corrected chi connectivity index (χ2v) is 6.27. The van der Waals surface area contributed by atoms with Gasteiger partial charge >= 0.3 is 0 Å². The first-order chi connectivity index (χ1) is 9.76. The number of nitrogens with one attached hydrogen (secondary N) is 1. The number of nitrogens with zero attached hydrogens (tertiary/aromatic N) is 1. The molecule has 8 heteroatoms. The van der Waals surface area contributed by atoms with E-state index >= 15 is 0 Å². The first kappa shape index (κ1) is 15.2. The molecule has 0 fully saturated rings. The van der Waals surface area contributed by atoms with E-state index in [0.717, 1.165) is 0 Å². The molecule has 21 heavy (non-hydrogen) atoms. The highest BCUT2D eigenvalue weighted by Crippen LogP contribution is 2.16. The summed E-state index contributed by atoms with van der Waals surface area (Å²) in [6.45, 7) is 3.34. The maximum absolute atomic E-state index is 12.1. The summed E-state index contributed by atoms with van der Waals surface area (Å²) in [6.07, 6.45) is 0. The third kappa shape index (κ3) is 3.89. The minimum Gasteiger partial charge on any atom is -0.361 e. The van der Waals surface area contributed by atoms with Gasteiger partial charge in [0.1, 0.15) is 11.3 Å². The van der Waals surface area contributed by atoms with Crippen molar-refractivity contribution in [3.8, 4) is 0 Å².